The van der Waals surface area contributed by atoms with Crippen LogP contribution in [0, 0.1) is 11.6 Å². The molecule has 3 aromatic rings. The zero-order valence-electron chi connectivity index (χ0n) is 23.9. The molecule has 0 fully saturated rings. The van der Waals surface area contributed by atoms with Crippen molar-refractivity contribution in [3.63, 3.8) is 0 Å². The molecule has 0 aliphatic rings. The Kier molecular flexibility index (Phi) is 11.9. The van der Waals surface area contributed by atoms with Gasteiger partial charge in [-0.2, -0.15) is 0 Å². The van der Waals surface area contributed by atoms with E-state index in [-0.39, 0.29) is 55.9 Å². The van der Waals surface area contributed by atoms with Crippen LogP contribution in [0.3, 0.4) is 0 Å². The molecule has 42 heavy (non-hydrogen) atoms. The predicted octanol–water partition coefficient (Wildman–Crippen LogP) is 5.72. The van der Waals surface area contributed by atoms with Crippen LogP contribution in [0.1, 0.15) is 44.2 Å². The summed E-state index contributed by atoms with van der Waals surface area (Å²) in [5, 5.41) is 3.43. The zero-order valence-corrected chi connectivity index (χ0v) is 25.5. The maximum absolute atomic E-state index is 13.9. The predicted molar refractivity (Wildman–Crippen MR) is 162 cm³/mol. The highest BCUT2D eigenvalue weighted by molar-refractivity contribution is 7.92. The highest BCUT2D eigenvalue weighted by atomic mass is 35.5. The van der Waals surface area contributed by atoms with E-state index in [0.29, 0.717) is 17.0 Å². The molecule has 3 rings (SSSR count). The number of hydrogen-bond donors (Lipinski definition) is 1. The average molecular weight is 620 g/mol. The van der Waals surface area contributed by atoms with Crippen molar-refractivity contribution >= 4 is 39.1 Å². The Morgan fingerprint density at radius 1 is 0.976 bits per heavy atom. The van der Waals surface area contributed by atoms with Gasteiger partial charge in [0.1, 0.15) is 6.04 Å². The summed E-state index contributed by atoms with van der Waals surface area (Å²) in [5.41, 5.74) is 1.47. The number of halogens is 3. The fourth-order valence-corrected chi connectivity index (χ4v) is 5.60. The number of nitrogens with one attached hydrogen (secondary N) is 1. The molecule has 11 heteroatoms. The number of carbonyl (C=O) groups is 2. The molecule has 0 unspecified atom stereocenters. The maximum Gasteiger partial charge on any atom is 0.243 e. The van der Waals surface area contributed by atoms with E-state index in [0.717, 1.165) is 28.3 Å². The molecule has 0 spiro atoms. The van der Waals surface area contributed by atoms with E-state index in [1.807, 2.05) is 44.2 Å². The molecule has 0 aliphatic carbocycles. The van der Waals surface area contributed by atoms with Crippen molar-refractivity contribution in [2.24, 2.45) is 0 Å². The van der Waals surface area contributed by atoms with Gasteiger partial charge in [0.2, 0.25) is 21.8 Å². The average Bonchev–Trinajstić information content (AvgIpc) is 2.95. The topological polar surface area (TPSA) is 86.8 Å². The summed E-state index contributed by atoms with van der Waals surface area (Å²) in [6, 6.07) is 18.2. The number of rotatable bonds is 14. The van der Waals surface area contributed by atoms with Crippen LogP contribution >= 0.6 is 11.6 Å². The lowest BCUT2D eigenvalue weighted by molar-refractivity contribution is -0.141. The lowest BCUT2D eigenvalue weighted by atomic mass is 10.0. The van der Waals surface area contributed by atoms with Gasteiger partial charge in [-0.05, 0) is 49.1 Å². The maximum atomic E-state index is 13.9. The number of amides is 2. The van der Waals surface area contributed by atoms with Gasteiger partial charge in [-0.25, -0.2) is 17.2 Å². The van der Waals surface area contributed by atoms with Crippen LogP contribution in [-0.2, 0) is 32.6 Å². The molecule has 0 bridgehead atoms. The zero-order chi connectivity index (χ0) is 30.9. The summed E-state index contributed by atoms with van der Waals surface area (Å²) < 4.78 is 53.3. The lowest BCUT2D eigenvalue weighted by Crippen LogP contribution is -2.52. The standard InChI is InChI=1S/C31H36ClF2N3O4S/c1-4-22(2)35-31(39)29(19-23-11-6-5-7-12-23)36(21-24-13-8-9-14-26(24)32)30(38)15-10-18-37(42(3,40)41)25-16-17-27(33)28(34)20-25/h5-9,11-14,16-17,20,22,29H,4,10,15,18-19,21H2,1-3H3,(H,35,39)/t22-,29-/m1/s1. The van der Waals surface area contributed by atoms with E-state index in [1.165, 1.54) is 11.0 Å². The van der Waals surface area contributed by atoms with Crippen molar-refractivity contribution in [3.8, 4) is 0 Å². The molecule has 1 N–H and O–H groups in total. The van der Waals surface area contributed by atoms with E-state index < -0.39 is 27.7 Å². The van der Waals surface area contributed by atoms with E-state index in [1.54, 1.807) is 24.3 Å². The molecule has 0 aliphatic heterocycles. The first kappa shape index (κ1) is 33.0. The molecule has 0 heterocycles. The van der Waals surface area contributed by atoms with Crippen LogP contribution in [0.4, 0.5) is 14.5 Å². The van der Waals surface area contributed by atoms with Crippen LogP contribution in [0.2, 0.25) is 5.02 Å². The summed E-state index contributed by atoms with van der Waals surface area (Å²) in [6.07, 6.45) is 1.86. The Morgan fingerprint density at radius 2 is 1.64 bits per heavy atom. The summed E-state index contributed by atoms with van der Waals surface area (Å²) >= 11 is 6.44. The van der Waals surface area contributed by atoms with Gasteiger partial charge < -0.3 is 10.2 Å². The van der Waals surface area contributed by atoms with Gasteiger partial charge in [-0.3, -0.25) is 13.9 Å². The van der Waals surface area contributed by atoms with Gasteiger partial charge in [-0.15, -0.1) is 0 Å². The number of benzene rings is 3. The second-order valence-electron chi connectivity index (χ2n) is 10.2. The van der Waals surface area contributed by atoms with Gasteiger partial charge in [0.15, 0.2) is 11.6 Å². The van der Waals surface area contributed by atoms with E-state index in [2.05, 4.69) is 5.32 Å². The molecule has 2 atom stereocenters. The smallest absolute Gasteiger partial charge is 0.243 e. The largest absolute Gasteiger partial charge is 0.352 e. The van der Waals surface area contributed by atoms with Gasteiger partial charge in [-0.1, -0.05) is 67.1 Å². The van der Waals surface area contributed by atoms with E-state index in [9.17, 15) is 26.8 Å². The highest BCUT2D eigenvalue weighted by Gasteiger charge is 2.31. The summed E-state index contributed by atoms with van der Waals surface area (Å²) in [7, 11) is -3.87. The first-order valence-electron chi connectivity index (χ1n) is 13.7. The summed E-state index contributed by atoms with van der Waals surface area (Å²) in [6.45, 7) is 3.74. The minimum Gasteiger partial charge on any atom is -0.352 e. The quantitative estimate of drug-likeness (QED) is 0.250. The molecular formula is C31H36ClF2N3O4S. The molecule has 2 amide bonds. The number of sulfonamides is 1. The molecule has 226 valence electrons. The first-order valence-corrected chi connectivity index (χ1v) is 15.9. The number of nitrogens with zero attached hydrogens (tertiary/aromatic N) is 2. The van der Waals surface area contributed by atoms with Crippen LogP contribution in [0.15, 0.2) is 72.8 Å². The SMILES string of the molecule is CC[C@@H](C)NC(=O)[C@@H](Cc1ccccc1)N(Cc1ccccc1Cl)C(=O)CCCN(c1ccc(F)c(F)c1)S(C)(=O)=O. The van der Waals surface area contributed by atoms with Crippen LogP contribution in [-0.4, -0.2) is 50.0 Å². The van der Waals surface area contributed by atoms with Gasteiger partial charge in [0.05, 0.1) is 11.9 Å². The minimum atomic E-state index is -3.87. The van der Waals surface area contributed by atoms with Crippen LogP contribution < -0.4 is 9.62 Å². The third kappa shape index (κ3) is 9.25. The molecule has 3 aromatic carbocycles. The minimum absolute atomic E-state index is 0.0494. The Labute approximate surface area is 251 Å². The number of anilines is 1. The van der Waals surface area contributed by atoms with Crippen molar-refractivity contribution in [3.05, 3.63) is 101 Å². The van der Waals surface area contributed by atoms with E-state index >= 15 is 0 Å². The normalized spacial score (nSPS) is 12.8. The fraction of sp³-hybridized carbons (Fsp3) is 0.355. The second-order valence-corrected chi connectivity index (χ2v) is 12.5. The first-order chi connectivity index (χ1) is 19.9. The Morgan fingerprint density at radius 3 is 2.26 bits per heavy atom. The highest BCUT2D eigenvalue weighted by Crippen LogP contribution is 2.24. The second kappa shape index (κ2) is 15.1. The molecule has 0 radical (unpaired) electrons. The van der Waals surface area contributed by atoms with Crippen molar-refractivity contribution in [1.29, 1.82) is 0 Å². The molecule has 0 aromatic heterocycles. The molecule has 0 saturated heterocycles. The molecular weight excluding hydrogens is 584 g/mol. The van der Waals surface area contributed by atoms with E-state index in [4.69, 9.17) is 11.6 Å². The van der Waals surface area contributed by atoms with Gasteiger partial charge in [0.25, 0.3) is 0 Å². The van der Waals surface area contributed by atoms with Crippen molar-refractivity contribution in [2.75, 3.05) is 17.1 Å². The lowest BCUT2D eigenvalue weighted by Gasteiger charge is -2.33. The van der Waals surface area contributed by atoms with Crippen molar-refractivity contribution < 1.29 is 26.8 Å². The van der Waals surface area contributed by atoms with Gasteiger partial charge in [0, 0.05) is 43.1 Å². The molecule has 7 nitrogen and oxygen atoms in total. The van der Waals surface area contributed by atoms with Crippen LogP contribution in [0.25, 0.3) is 0 Å². The van der Waals surface area contributed by atoms with Gasteiger partial charge >= 0.3 is 0 Å². The van der Waals surface area contributed by atoms with Crippen LogP contribution in [0.5, 0.6) is 0 Å². The third-order valence-corrected chi connectivity index (χ3v) is 8.48. The summed E-state index contributed by atoms with van der Waals surface area (Å²) in [5.74, 6) is -2.97. The fourth-order valence-electron chi connectivity index (χ4n) is 4.45. The van der Waals surface area contributed by atoms with Crippen molar-refractivity contribution in [2.45, 2.75) is 58.2 Å². The Balaban J connectivity index is 1.91. The monoisotopic (exact) mass is 619 g/mol. The number of carbonyl (C=O) groups excluding carboxylic acids is 2. The molecule has 0 saturated carbocycles. The van der Waals surface area contributed by atoms with Crippen molar-refractivity contribution in [1.82, 2.24) is 10.2 Å². The Hall–Kier alpha value is -3.50. The summed E-state index contributed by atoms with van der Waals surface area (Å²) in [4.78, 5) is 28.9. The third-order valence-electron chi connectivity index (χ3n) is 6.91. The Bertz CT molecular complexity index is 1470. The number of hydrogen-bond acceptors (Lipinski definition) is 4.